The van der Waals surface area contributed by atoms with E-state index in [9.17, 15) is 4.39 Å². The first kappa shape index (κ1) is 10.9. The lowest BCUT2D eigenvalue weighted by Crippen LogP contribution is -1.91. The first-order chi connectivity index (χ1) is 8.66. The molecule has 0 radical (unpaired) electrons. The van der Waals surface area contributed by atoms with Crippen LogP contribution >= 0.6 is 0 Å². The SMILES string of the molecule is Cc1ccn2c(C)c(-c3ncccc3F)nc2c1. The maximum absolute atomic E-state index is 13.8. The zero-order valence-corrected chi connectivity index (χ0v) is 10.2. The zero-order chi connectivity index (χ0) is 12.7. The van der Waals surface area contributed by atoms with Crippen molar-refractivity contribution in [3.8, 4) is 11.4 Å². The van der Waals surface area contributed by atoms with Crippen LogP contribution in [0.25, 0.3) is 17.0 Å². The fourth-order valence-corrected chi connectivity index (χ4v) is 2.05. The molecule has 4 heteroatoms. The van der Waals surface area contributed by atoms with E-state index in [4.69, 9.17) is 0 Å². The standard InChI is InChI=1S/C14H12FN3/c1-9-5-7-18-10(2)13(17-12(18)8-9)14-11(15)4-3-6-16-14/h3-8H,1-2H3. The predicted molar refractivity (Wildman–Crippen MR) is 67.9 cm³/mol. The lowest BCUT2D eigenvalue weighted by Gasteiger charge is -1.99. The molecule has 0 saturated carbocycles. The van der Waals surface area contributed by atoms with Gasteiger partial charge in [0.05, 0.1) is 0 Å². The minimum atomic E-state index is -0.347. The summed E-state index contributed by atoms with van der Waals surface area (Å²) in [7, 11) is 0. The number of aromatic nitrogens is 3. The first-order valence-corrected chi connectivity index (χ1v) is 5.73. The van der Waals surface area contributed by atoms with E-state index in [2.05, 4.69) is 9.97 Å². The monoisotopic (exact) mass is 241 g/mol. The summed E-state index contributed by atoms with van der Waals surface area (Å²) in [6.45, 7) is 3.92. The highest BCUT2D eigenvalue weighted by Crippen LogP contribution is 2.24. The number of pyridine rings is 2. The van der Waals surface area contributed by atoms with Gasteiger partial charge in [0, 0.05) is 18.1 Å². The highest BCUT2D eigenvalue weighted by Gasteiger charge is 2.14. The van der Waals surface area contributed by atoms with E-state index in [1.54, 1.807) is 12.3 Å². The highest BCUT2D eigenvalue weighted by atomic mass is 19.1. The van der Waals surface area contributed by atoms with E-state index in [1.807, 2.05) is 36.6 Å². The van der Waals surface area contributed by atoms with Crippen molar-refractivity contribution in [2.75, 3.05) is 0 Å². The normalized spacial score (nSPS) is 11.1. The molecule has 18 heavy (non-hydrogen) atoms. The third-order valence-corrected chi connectivity index (χ3v) is 3.00. The van der Waals surface area contributed by atoms with Crippen LogP contribution in [0.15, 0.2) is 36.7 Å². The minimum Gasteiger partial charge on any atom is -0.304 e. The van der Waals surface area contributed by atoms with Crippen molar-refractivity contribution in [2.45, 2.75) is 13.8 Å². The third-order valence-electron chi connectivity index (χ3n) is 3.00. The van der Waals surface area contributed by atoms with Crippen LogP contribution in [-0.2, 0) is 0 Å². The molecule has 3 heterocycles. The molecule has 0 aliphatic rings. The van der Waals surface area contributed by atoms with Gasteiger partial charge in [-0.05, 0) is 43.7 Å². The van der Waals surface area contributed by atoms with Crippen LogP contribution in [0.5, 0.6) is 0 Å². The second-order valence-corrected chi connectivity index (χ2v) is 4.31. The van der Waals surface area contributed by atoms with Crippen molar-refractivity contribution in [2.24, 2.45) is 0 Å². The summed E-state index contributed by atoms with van der Waals surface area (Å²) in [5.74, 6) is -0.347. The van der Waals surface area contributed by atoms with Gasteiger partial charge < -0.3 is 4.40 Å². The molecule has 0 unspecified atom stereocenters. The molecule has 0 atom stereocenters. The molecule has 3 nitrogen and oxygen atoms in total. The largest absolute Gasteiger partial charge is 0.304 e. The number of imidazole rings is 1. The molecule has 3 aromatic rings. The summed E-state index contributed by atoms with van der Waals surface area (Å²) >= 11 is 0. The summed E-state index contributed by atoms with van der Waals surface area (Å²) in [6.07, 6.45) is 3.52. The number of halogens is 1. The van der Waals surface area contributed by atoms with Crippen LogP contribution in [-0.4, -0.2) is 14.4 Å². The van der Waals surface area contributed by atoms with Crippen LogP contribution in [0.1, 0.15) is 11.3 Å². The Morgan fingerprint density at radius 1 is 1.17 bits per heavy atom. The number of rotatable bonds is 1. The zero-order valence-electron chi connectivity index (χ0n) is 10.2. The van der Waals surface area contributed by atoms with E-state index in [0.717, 1.165) is 16.9 Å². The summed E-state index contributed by atoms with van der Waals surface area (Å²) < 4.78 is 15.7. The average molecular weight is 241 g/mol. The molecule has 0 aliphatic heterocycles. The Bertz CT molecular complexity index is 731. The molecule has 0 spiro atoms. The van der Waals surface area contributed by atoms with Crippen molar-refractivity contribution in [1.29, 1.82) is 0 Å². The van der Waals surface area contributed by atoms with Crippen LogP contribution in [0.3, 0.4) is 0 Å². The van der Waals surface area contributed by atoms with Crippen molar-refractivity contribution in [1.82, 2.24) is 14.4 Å². The van der Waals surface area contributed by atoms with Crippen molar-refractivity contribution in [3.05, 3.63) is 53.7 Å². The quantitative estimate of drug-likeness (QED) is 0.655. The molecule has 0 aromatic carbocycles. The molecule has 0 fully saturated rings. The van der Waals surface area contributed by atoms with Gasteiger partial charge in [0.15, 0.2) is 5.82 Å². The van der Waals surface area contributed by atoms with E-state index in [1.165, 1.54) is 6.07 Å². The second-order valence-electron chi connectivity index (χ2n) is 4.31. The van der Waals surface area contributed by atoms with Gasteiger partial charge in [-0.2, -0.15) is 0 Å². The predicted octanol–water partition coefficient (Wildman–Crippen LogP) is 3.15. The first-order valence-electron chi connectivity index (χ1n) is 5.73. The fraction of sp³-hybridized carbons (Fsp3) is 0.143. The van der Waals surface area contributed by atoms with Crippen LogP contribution in [0.4, 0.5) is 4.39 Å². The molecule has 0 amide bonds. The summed E-state index contributed by atoms with van der Waals surface area (Å²) in [6, 6.07) is 6.95. The van der Waals surface area contributed by atoms with E-state index < -0.39 is 0 Å². The average Bonchev–Trinajstić information content (AvgIpc) is 2.67. The number of hydrogen-bond donors (Lipinski definition) is 0. The Balaban J connectivity index is 2.31. The molecule has 0 aliphatic carbocycles. The Morgan fingerprint density at radius 3 is 2.78 bits per heavy atom. The van der Waals surface area contributed by atoms with Gasteiger partial charge in [-0.1, -0.05) is 0 Å². The number of nitrogens with zero attached hydrogens (tertiary/aromatic N) is 3. The topological polar surface area (TPSA) is 30.2 Å². The van der Waals surface area contributed by atoms with Crippen LogP contribution in [0.2, 0.25) is 0 Å². The third kappa shape index (κ3) is 1.57. The maximum atomic E-state index is 13.8. The lowest BCUT2D eigenvalue weighted by molar-refractivity contribution is 0.625. The van der Waals surface area contributed by atoms with Gasteiger partial charge in [-0.3, -0.25) is 4.98 Å². The van der Waals surface area contributed by atoms with Gasteiger partial charge in [-0.15, -0.1) is 0 Å². The molecule has 0 N–H and O–H groups in total. The second kappa shape index (κ2) is 3.91. The molecular weight excluding hydrogens is 229 g/mol. The van der Waals surface area contributed by atoms with Crippen molar-refractivity contribution < 1.29 is 4.39 Å². The van der Waals surface area contributed by atoms with Crippen LogP contribution in [0, 0.1) is 19.7 Å². The number of hydrogen-bond acceptors (Lipinski definition) is 2. The number of fused-ring (bicyclic) bond motifs is 1. The molecule has 0 saturated heterocycles. The summed E-state index contributed by atoms with van der Waals surface area (Å²) in [5.41, 5.74) is 3.73. The molecule has 3 aromatic heterocycles. The van der Waals surface area contributed by atoms with Gasteiger partial charge in [0.1, 0.15) is 17.0 Å². The Hall–Kier alpha value is -2.23. The van der Waals surface area contributed by atoms with E-state index in [-0.39, 0.29) is 5.82 Å². The van der Waals surface area contributed by atoms with E-state index >= 15 is 0 Å². The molecular formula is C14H12FN3. The van der Waals surface area contributed by atoms with Crippen molar-refractivity contribution >= 4 is 5.65 Å². The smallest absolute Gasteiger partial charge is 0.151 e. The van der Waals surface area contributed by atoms with Gasteiger partial charge >= 0.3 is 0 Å². The summed E-state index contributed by atoms with van der Waals surface area (Å²) in [5, 5.41) is 0. The molecule has 90 valence electrons. The maximum Gasteiger partial charge on any atom is 0.151 e. The van der Waals surface area contributed by atoms with E-state index in [0.29, 0.717) is 11.4 Å². The van der Waals surface area contributed by atoms with Gasteiger partial charge in [0.2, 0.25) is 0 Å². The minimum absolute atomic E-state index is 0.302. The van der Waals surface area contributed by atoms with Gasteiger partial charge in [-0.25, -0.2) is 9.37 Å². The summed E-state index contributed by atoms with van der Waals surface area (Å²) in [4.78, 5) is 8.54. The fourth-order valence-electron chi connectivity index (χ4n) is 2.05. The number of aryl methyl sites for hydroxylation is 2. The lowest BCUT2D eigenvalue weighted by atomic mass is 10.2. The Labute approximate surface area is 104 Å². The molecule has 0 bridgehead atoms. The Kier molecular flexibility index (Phi) is 2.37. The van der Waals surface area contributed by atoms with Gasteiger partial charge in [0.25, 0.3) is 0 Å². The highest BCUT2D eigenvalue weighted by molar-refractivity contribution is 5.63. The van der Waals surface area contributed by atoms with Crippen LogP contribution < -0.4 is 0 Å². The molecule has 3 rings (SSSR count). The Morgan fingerprint density at radius 2 is 2.00 bits per heavy atom. The van der Waals surface area contributed by atoms with Crippen molar-refractivity contribution in [3.63, 3.8) is 0 Å².